The van der Waals surface area contributed by atoms with E-state index in [1.165, 1.54) is 0 Å². The predicted molar refractivity (Wildman–Crippen MR) is 60.6 cm³/mol. The molecule has 1 saturated carbocycles. The lowest BCUT2D eigenvalue weighted by atomic mass is 10.4. The van der Waals surface area contributed by atoms with Gasteiger partial charge in [0.25, 0.3) is 10.2 Å². The van der Waals surface area contributed by atoms with Gasteiger partial charge in [-0.05, 0) is 39.7 Å². The maximum atomic E-state index is 11.9. The average Bonchev–Trinajstić information content (AvgIpc) is 2.85. The Morgan fingerprint density at radius 2 is 2.07 bits per heavy atom. The van der Waals surface area contributed by atoms with Crippen molar-refractivity contribution in [1.29, 1.82) is 0 Å². The molecule has 0 amide bonds. The molecule has 1 aliphatic carbocycles. The number of hydrogen-bond acceptors (Lipinski definition) is 3. The fourth-order valence-corrected chi connectivity index (χ4v) is 3.18. The summed E-state index contributed by atoms with van der Waals surface area (Å²) >= 11 is 0. The van der Waals surface area contributed by atoms with Gasteiger partial charge >= 0.3 is 0 Å². The SMILES string of the molecule is CC(C)NS(=O)(=O)N(CCCN)C1CC1. The second-order valence-electron chi connectivity index (χ2n) is 4.26. The lowest BCUT2D eigenvalue weighted by Crippen LogP contribution is -2.45. The van der Waals surface area contributed by atoms with Gasteiger partial charge in [-0.1, -0.05) is 0 Å². The van der Waals surface area contributed by atoms with E-state index in [4.69, 9.17) is 5.73 Å². The van der Waals surface area contributed by atoms with E-state index in [-0.39, 0.29) is 12.1 Å². The molecule has 0 aromatic rings. The average molecular weight is 235 g/mol. The molecule has 5 nitrogen and oxygen atoms in total. The minimum atomic E-state index is -3.30. The Morgan fingerprint density at radius 1 is 1.47 bits per heavy atom. The third-order valence-corrected chi connectivity index (χ3v) is 4.10. The first-order valence-electron chi connectivity index (χ1n) is 5.46. The fourth-order valence-electron chi connectivity index (χ4n) is 1.47. The van der Waals surface area contributed by atoms with Crippen LogP contribution in [0.4, 0.5) is 0 Å². The Bertz CT molecular complexity index is 286. The lowest BCUT2D eigenvalue weighted by molar-refractivity contribution is 0.388. The molecule has 0 aromatic carbocycles. The maximum absolute atomic E-state index is 11.9. The second kappa shape index (κ2) is 5.25. The second-order valence-corrected chi connectivity index (χ2v) is 5.92. The molecular weight excluding hydrogens is 214 g/mol. The summed E-state index contributed by atoms with van der Waals surface area (Å²) in [4.78, 5) is 0. The van der Waals surface area contributed by atoms with E-state index < -0.39 is 10.2 Å². The normalized spacial score (nSPS) is 17.7. The summed E-state index contributed by atoms with van der Waals surface area (Å²) in [6.45, 7) is 4.71. The zero-order valence-electron chi connectivity index (χ0n) is 9.44. The molecule has 0 spiro atoms. The third-order valence-electron chi connectivity index (χ3n) is 2.23. The molecule has 15 heavy (non-hydrogen) atoms. The highest BCUT2D eigenvalue weighted by molar-refractivity contribution is 7.87. The first-order chi connectivity index (χ1) is 6.97. The third kappa shape index (κ3) is 4.06. The highest BCUT2D eigenvalue weighted by Gasteiger charge is 2.36. The molecule has 90 valence electrons. The van der Waals surface area contributed by atoms with E-state index in [2.05, 4.69) is 4.72 Å². The van der Waals surface area contributed by atoms with Crippen molar-refractivity contribution in [3.63, 3.8) is 0 Å². The van der Waals surface area contributed by atoms with Gasteiger partial charge < -0.3 is 5.73 Å². The number of nitrogens with two attached hydrogens (primary N) is 1. The zero-order chi connectivity index (χ0) is 11.5. The van der Waals surface area contributed by atoms with Gasteiger partial charge in [0.1, 0.15) is 0 Å². The van der Waals surface area contributed by atoms with Gasteiger partial charge in [0.05, 0.1) is 0 Å². The maximum Gasteiger partial charge on any atom is 0.279 e. The van der Waals surface area contributed by atoms with Crippen molar-refractivity contribution in [1.82, 2.24) is 9.03 Å². The Hall–Kier alpha value is -0.170. The van der Waals surface area contributed by atoms with Crippen LogP contribution in [0.1, 0.15) is 33.1 Å². The molecule has 3 N–H and O–H groups in total. The smallest absolute Gasteiger partial charge is 0.279 e. The monoisotopic (exact) mass is 235 g/mol. The molecule has 6 heteroatoms. The Morgan fingerprint density at radius 3 is 2.47 bits per heavy atom. The van der Waals surface area contributed by atoms with Gasteiger partial charge in [-0.25, -0.2) is 0 Å². The molecule has 0 radical (unpaired) electrons. The Balaban J connectivity index is 2.61. The predicted octanol–water partition coefficient (Wildman–Crippen LogP) is 0.0424. The van der Waals surface area contributed by atoms with Crippen molar-refractivity contribution >= 4 is 10.2 Å². The largest absolute Gasteiger partial charge is 0.330 e. The first-order valence-corrected chi connectivity index (χ1v) is 6.90. The summed E-state index contributed by atoms with van der Waals surface area (Å²) in [5.74, 6) is 0. The van der Waals surface area contributed by atoms with E-state index in [1.807, 2.05) is 13.8 Å². The van der Waals surface area contributed by atoms with E-state index in [0.717, 1.165) is 19.3 Å². The zero-order valence-corrected chi connectivity index (χ0v) is 10.3. The fraction of sp³-hybridized carbons (Fsp3) is 1.00. The van der Waals surface area contributed by atoms with Crippen LogP contribution < -0.4 is 10.5 Å². The number of rotatable bonds is 7. The molecule has 0 unspecified atom stereocenters. The van der Waals surface area contributed by atoms with E-state index >= 15 is 0 Å². The molecule has 0 aromatic heterocycles. The highest BCUT2D eigenvalue weighted by atomic mass is 32.2. The summed E-state index contributed by atoms with van der Waals surface area (Å²) in [6, 6.07) is 0.141. The van der Waals surface area contributed by atoms with Gasteiger partial charge in [-0.2, -0.15) is 17.4 Å². The first kappa shape index (κ1) is 12.9. The van der Waals surface area contributed by atoms with E-state index in [9.17, 15) is 8.42 Å². The number of nitrogens with one attached hydrogen (secondary N) is 1. The van der Waals surface area contributed by atoms with Gasteiger partial charge in [-0.15, -0.1) is 0 Å². The van der Waals surface area contributed by atoms with Crippen LogP contribution in [0.5, 0.6) is 0 Å². The van der Waals surface area contributed by atoms with Crippen molar-refractivity contribution in [2.75, 3.05) is 13.1 Å². The van der Waals surface area contributed by atoms with Crippen molar-refractivity contribution < 1.29 is 8.42 Å². The minimum Gasteiger partial charge on any atom is -0.330 e. The molecule has 0 atom stereocenters. The standard InChI is InChI=1S/C9H21N3O2S/c1-8(2)11-15(13,14)12(7-3-6-10)9-4-5-9/h8-9,11H,3-7,10H2,1-2H3. The molecule has 0 heterocycles. The van der Waals surface area contributed by atoms with Crippen LogP contribution in [0.2, 0.25) is 0 Å². The van der Waals surface area contributed by atoms with Crippen LogP contribution in [0.3, 0.4) is 0 Å². The van der Waals surface area contributed by atoms with Gasteiger partial charge in [-0.3, -0.25) is 0 Å². The van der Waals surface area contributed by atoms with Gasteiger partial charge in [0.2, 0.25) is 0 Å². The van der Waals surface area contributed by atoms with Crippen molar-refractivity contribution in [2.45, 2.75) is 45.2 Å². The number of hydrogen-bond donors (Lipinski definition) is 2. The minimum absolute atomic E-state index is 0.0610. The molecule has 1 aliphatic rings. The van der Waals surface area contributed by atoms with Crippen LogP contribution in [0.25, 0.3) is 0 Å². The summed E-state index contributed by atoms with van der Waals surface area (Å²) in [7, 11) is -3.30. The molecule has 0 saturated heterocycles. The van der Waals surface area contributed by atoms with E-state index in [0.29, 0.717) is 13.1 Å². The topological polar surface area (TPSA) is 75.4 Å². The van der Waals surface area contributed by atoms with Crippen LogP contribution in [0, 0.1) is 0 Å². The number of nitrogens with zero attached hydrogens (tertiary/aromatic N) is 1. The van der Waals surface area contributed by atoms with Crippen molar-refractivity contribution in [2.24, 2.45) is 5.73 Å². The Labute approximate surface area is 92.2 Å². The van der Waals surface area contributed by atoms with Crippen LogP contribution in [-0.4, -0.2) is 37.9 Å². The highest BCUT2D eigenvalue weighted by Crippen LogP contribution is 2.28. The van der Waals surface area contributed by atoms with Crippen LogP contribution >= 0.6 is 0 Å². The van der Waals surface area contributed by atoms with Crippen molar-refractivity contribution in [3.05, 3.63) is 0 Å². The van der Waals surface area contributed by atoms with Crippen LogP contribution in [-0.2, 0) is 10.2 Å². The summed E-state index contributed by atoms with van der Waals surface area (Å²) < 4.78 is 28.0. The Kier molecular flexibility index (Phi) is 4.51. The molecule has 1 fully saturated rings. The van der Waals surface area contributed by atoms with Crippen LogP contribution in [0.15, 0.2) is 0 Å². The summed E-state index contributed by atoms with van der Waals surface area (Å²) in [5.41, 5.74) is 5.40. The molecular formula is C9H21N3O2S. The molecule has 0 aliphatic heterocycles. The molecule has 0 bridgehead atoms. The van der Waals surface area contributed by atoms with Crippen molar-refractivity contribution in [3.8, 4) is 0 Å². The van der Waals surface area contributed by atoms with E-state index in [1.54, 1.807) is 4.31 Å². The quantitative estimate of drug-likeness (QED) is 0.654. The van der Waals surface area contributed by atoms with Gasteiger partial charge in [0.15, 0.2) is 0 Å². The summed E-state index contributed by atoms with van der Waals surface area (Å²) in [5, 5.41) is 0. The molecule has 1 rings (SSSR count). The summed E-state index contributed by atoms with van der Waals surface area (Å²) in [6.07, 6.45) is 2.67. The van der Waals surface area contributed by atoms with Gasteiger partial charge in [0, 0.05) is 18.6 Å². The lowest BCUT2D eigenvalue weighted by Gasteiger charge is -2.23.